The molecule has 1 fully saturated rings. The largest absolute Gasteiger partial charge is 0.481 e. The first kappa shape index (κ1) is 23.6. The second-order valence-corrected chi connectivity index (χ2v) is 9.32. The number of carboxylic acids is 1. The summed E-state index contributed by atoms with van der Waals surface area (Å²) in [6.45, 7) is 3.40. The maximum atomic E-state index is 13.7. The molecule has 1 saturated heterocycles. The van der Waals surface area contributed by atoms with Gasteiger partial charge in [0, 0.05) is 16.0 Å². The van der Waals surface area contributed by atoms with Crippen LogP contribution in [0.15, 0.2) is 48.5 Å². The molecule has 2 N–H and O–H groups in total. The van der Waals surface area contributed by atoms with E-state index in [1.54, 1.807) is 30.0 Å². The van der Waals surface area contributed by atoms with E-state index in [0.717, 1.165) is 11.1 Å². The molecule has 0 saturated carbocycles. The molecule has 0 aliphatic carbocycles. The summed E-state index contributed by atoms with van der Waals surface area (Å²) in [4.78, 5) is 27.1. The van der Waals surface area contributed by atoms with E-state index in [1.807, 2.05) is 37.3 Å². The Morgan fingerprint density at radius 3 is 2.39 bits per heavy atom. The third kappa shape index (κ3) is 4.89. The summed E-state index contributed by atoms with van der Waals surface area (Å²) in [7, 11) is 0. The second-order valence-electron chi connectivity index (χ2n) is 8.45. The lowest BCUT2D eigenvalue weighted by Crippen LogP contribution is -2.56. The molecule has 5 nitrogen and oxygen atoms in total. The first-order valence-corrected chi connectivity index (χ1v) is 11.1. The molecule has 2 aromatic carbocycles. The highest BCUT2D eigenvalue weighted by Crippen LogP contribution is 2.52. The lowest BCUT2D eigenvalue weighted by molar-refractivity contribution is -0.161. The zero-order valence-corrected chi connectivity index (χ0v) is 19.1. The number of carbonyl (C=O) groups excluding carboxylic acids is 1. The molecular weight excluding hydrogens is 437 g/mol. The number of benzene rings is 2. The molecule has 3 rings (SSSR count). The van der Waals surface area contributed by atoms with Crippen molar-refractivity contribution in [1.29, 1.82) is 0 Å². The summed E-state index contributed by atoms with van der Waals surface area (Å²) >= 11 is 12.4. The van der Waals surface area contributed by atoms with Crippen LogP contribution in [0.1, 0.15) is 56.2 Å². The molecule has 7 heteroatoms. The average molecular weight is 464 g/mol. The molecule has 1 aliphatic heterocycles. The minimum atomic E-state index is -1.11. The van der Waals surface area contributed by atoms with Gasteiger partial charge in [-0.25, -0.2) is 0 Å². The van der Waals surface area contributed by atoms with Gasteiger partial charge in [0.05, 0.1) is 30.5 Å². The quantitative estimate of drug-likeness (QED) is 0.583. The van der Waals surface area contributed by atoms with Gasteiger partial charge in [-0.1, -0.05) is 61.3 Å². The van der Waals surface area contributed by atoms with Crippen molar-refractivity contribution < 1.29 is 19.8 Å². The fourth-order valence-corrected chi connectivity index (χ4v) is 5.02. The lowest BCUT2D eigenvalue weighted by Gasteiger charge is -2.51. The Morgan fingerprint density at radius 2 is 1.84 bits per heavy atom. The predicted molar refractivity (Wildman–Crippen MR) is 121 cm³/mol. The van der Waals surface area contributed by atoms with E-state index in [1.165, 1.54) is 0 Å². The number of carbonyl (C=O) groups is 2. The van der Waals surface area contributed by atoms with Crippen molar-refractivity contribution in [3.8, 4) is 0 Å². The van der Waals surface area contributed by atoms with Gasteiger partial charge in [0.2, 0.25) is 5.91 Å². The van der Waals surface area contributed by atoms with Gasteiger partial charge in [0.25, 0.3) is 0 Å². The third-order valence-corrected chi connectivity index (χ3v) is 6.69. The maximum absolute atomic E-state index is 13.7. The van der Waals surface area contributed by atoms with Crippen LogP contribution in [0.5, 0.6) is 0 Å². The molecule has 0 bridgehead atoms. The van der Waals surface area contributed by atoms with Gasteiger partial charge in [0.1, 0.15) is 0 Å². The molecule has 166 valence electrons. The van der Waals surface area contributed by atoms with Gasteiger partial charge in [-0.3, -0.25) is 9.59 Å². The summed E-state index contributed by atoms with van der Waals surface area (Å²) in [6.07, 6.45) is 0.608. The minimum Gasteiger partial charge on any atom is -0.481 e. The predicted octanol–water partition coefficient (Wildman–Crippen LogP) is 5.30. The monoisotopic (exact) mass is 463 g/mol. The van der Waals surface area contributed by atoms with Crippen molar-refractivity contribution in [2.24, 2.45) is 5.41 Å². The van der Waals surface area contributed by atoms with Crippen LogP contribution < -0.4 is 0 Å². The number of hydrogen-bond acceptors (Lipinski definition) is 3. The molecule has 0 spiro atoms. The highest BCUT2D eigenvalue weighted by atomic mass is 35.5. The Hall–Kier alpha value is -2.08. The fraction of sp³-hybridized carbons (Fsp3) is 0.417. The lowest BCUT2D eigenvalue weighted by atomic mass is 9.67. The van der Waals surface area contributed by atoms with Crippen molar-refractivity contribution in [1.82, 2.24) is 4.90 Å². The number of piperidine rings is 1. The van der Waals surface area contributed by atoms with E-state index in [-0.39, 0.29) is 30.9 Å². The van der Waals surface area contributed by atoms with E-state index in [2.05, 4.69) is 0 Å². The SMILES string of the molecule is CCC(CO)N1C(=O)[C@@](C)(CC(=O)O)CC(c2cccc(Cl)c2)[C@H]1c1ccc(Cl)cc1. The van der Waals surface area contributed by atoms with Crippen LogP contribution >= 0.6 is 23.2 Å². The number of nitrogens with zero attached hydrogens (tertiary/aromatic N) is 1. The number of rotatable bonds is 7. The molecule has 2 aromatic rings. The Morgan fingerprint density at radius 1 is 1.16 bits per heavy atom. The first-order valence-electron chi connectivity index (χ1n) is 10.4. The second kappa shape index (κ2) is 9.60. The summed E-state index contributed by atoms with van der Waals surface area (Å²) in [5.41, 5.74) is 0.700. The number of amides is 1. The number of likely N-dealkylation sites (tertiary alicyclic amines) is 1. The molecule has 1 amide bonds. The molecule has 4 atom stereocenters. The van der Waals surface area contributed by atoms with Gasteiger partial charge >= 0.3 is 5.97 Å². The van der Waals surface area contributed by atoms with Gasteiger partial charge in [-0.2, -0.15) is 0 Å². The number of halogens is 2. The van der Waals surface area contributed by atoms with Crippen LogP contribution in [0.3, 0.4) is 0 Å². The summed E-state index contributed by atoms with van der Waals surface area (Å²) in [5, 5.41) is 20.8. The molecule has 31 heavy (non-hydrogen) atoms. The number of hydrogen-bond donors (Lipinski definition) is 2. The van der Waals surface area contributed by atoms with Crippen LogP contribution in [0, 0.1) is 5.41 Å². The topological polar surface area (TPSA) is 77.8 Å². The highest BCUT2D eigenvalue weighted by Gasteiger charge is 2.52. The van der Waals surface area contributed by atoms with E-state index in [9.17, 15) is 19.8 Å². The summed E-state index contributed by atoms with van der Waals surface area (Å²) < 4.78 is 0. The average Bonchev–Trinajstić information content (AvgIpc) is 2.72. The van der Waals surface area contributed by atoms with Crippen LogP contribution in [-0.2, 0) is 9.59 Å². The van der Waals surface area contributed by atoms with Crippen molar-refractivity contribution in [3.05, 3.63) is 69.7 Å². The molecule has 2 unspecified atom stereocenters. The number of carboxylic acid groups (broad SMARTS) is 1. The number of aliphatic carboxylic acids is 1. The molecule has 1 aliphatic rings. The molecule has 0 radical (unpaired) electrons. The van der Waals surface area contributed by atoms with E-state index in [4.69, 9.17) is 23.2 Å². The zero-order chi connectivity index (χ0) is 22.8. The van der Waals surface area contributed by atoms with E-state index < -0.39 is 17.4 Å². The standard InChI is InChI=1S/C24H27Cl2NO4/c1-3-19(14-28)27-22(15-7-9-17(25)10-8-15)20(16-5-4-6-18(26)11-16)12-24(2,23(27)31)13-21(29)30/h4-11,19-20,22,28H,3,12-14H2,1-2H3,(H,29,30)/t19?,20?,22-,24-/m1/s1. The van der Waals surface area contributed by atoms with Crippen LogP contribution in [-0.4, -0.2) is 39.6 Å². The van der Waals surface area contributed by atoms with E-state index in [0.29, 0.717) is 22.9 Å². The normalized spacial score (nSPS) is 24.8. The zero-order valence-electron chi connectivity index (χ0n) is 17.6. The Balaban J connectivity index is 2.22. The Labute approximate surface area is 192 Å². The molecule has 0 aromatic heterocycles. The number of aliphatic hydroxyl groups excluding tert-OH is 1. The number of aliphatic hydroxyl groups is 1. The van der Waals surface area contributed by atoms with Gasteiger partial charge < -0.3 is 15.1 Å². The minimum absolute atomic E-state index is 0.206. The van der Waals surface area contributed by atoms with Gasteiger partial charge in [-0.05, 0) is 48.2 Å². The fourth-order valence-electron chi connectivity index (χ4n) is 4.69. The Bertz CT molecular complexity index is 945. The summed E-state index contributed by atoms with van der Waals surface area (Å²) in [6, 6.07) is 14.0. The summed E-state index contributed by atoms with van der Waals surface area (Å²) in [5.74, 6) is -1.49. The van der Waals surface area contributed by atoms with Gasteiger partial charge in [0.15, 0.2) is 0 Å². The molecule has 1 heterocycles. The smallest absolute Gasteiger partial charge is 0.304 e. The first-order chi connectivity index (χ1) is 14.7. The third-order valence-electron chi connectivity index (χ3n) is 6.21. The van der Waals surface area contributed by atoms with Crippen LogP contribution in [0.4, 0.5) is 0 Å². The maximum Gasteiger partial charge on any atom is 0.304 e. The van der Waals surface area contributed by atoms with Crippen molar-refractivity contribution in [2.45, 2.75) is 51.1 Å². The van der Waals surface area contributed by atoms with E-state index >= 15 is 0 Å². The van der Waals surface area contributed by atoms with Crippen molar-refractivity contribution in [3.63, 3.8) is 0 Å². The van der Waals surface area contributed by atoms with Crippen LogP contribution in [0.25, 0.3) is 0 Å². The Kier molecular flexibility index (Phi) is 7.30. The molecular formula is C24H27Cl2NO4. The van der Waals surface area contributed by atoms with Gasteiger partial charge in [-0.15, -0.1) is 0 Å². The highest BCUT2D eigenvalue weighted by molar-refractivity contribution is 6.30. The van der Waals surface area contributed by atoms with Crippen LogP contribution in [0.2, 0.25) is 10.0 Å². The van der Waals surface area contributed by atoms with Crippen molar-refractivity contribution in [2.75, 3.05) is 6.61 Å². The van der Waals surface area contributed by atoms with Crippen molar-refractivity contribution >= 4 is 35.1 Å².